The molecule has 2 heterocycles. The van der Waals surface area contributed by atoms with Gasteiger partial charge >= 0.3 is 0 Å². The molecule has 1 N–H and O–H groups in total. The maximum atomic E-state index is 4.54. The molecule has 0 aliphatic heterocycles. The highest BCUT2D eigenvalue weighted by Crippen LogP contribution is 2.27. The Balaban J connectivity index is 2.32. The Morgan fingerprint density at radius 1 is 1.29 bits per heavy atom. The summed E-state index contributed by atoms with van der Waals surface area (Å²) in [5.41, 5.74) is -0.0672. The highest BCUT2D eigenvalue weighted by Gasteiger charge is 2.19. The van der Waals surface area contributed by atoms with E-state index in [1.165, 1.54) is 11.8 Å². The molecule has 0 unspecified atom stereocenters. The van der Waals surface area contributed by atoms with E-state index in [9.17, 15) is 0 Å². The largest absolute Gasteiger partial charge is 0.339 e. The van der Waals surface area contributed by atoms with Gasteiger partial charge in [0.15, 0.2) is 5.16 Å². The van der Waals surface area contributed by atoms with Gasteiger partial charge in [-0.1, -0.05) is 20.8 Å². The van der Waals surface area contributed by atoms with Crippen molar-refractivity contribution in [3.63, 3.8) is 0 Å². The standard InChI is InChI=1S/C11H13BrN4S/c1-11(2,3)9-15-7(12)6-8(16-9)17-10-13-4-5-14-10/h4-6H,1-3H3,(H,13,14). The fraction of sp³-hybridized carbons (Fsp3) is 0.364. The number of nitrogens with zero attached hydrogens (tertiary/aromatic N) is 3. The quantitative estimate of drug-likeness (QED) is 0.863. The summed E-state index contributed by atoms with van der Waals surface area (Å²) in [7, 11) is 0. The van der Waals surface area contributed by atoms with E-state index < -0.39 is 0 Å². The van der Waals surface area contributed by atoms with Gasteiger partial charge in [0, 0.05) is 23.9 Å². The summed E-state index contributed by atoms with van der Waals surface area (Å²) in [5, 5.41) is 1.71. The van der Waals surface area contributed by atoms with Crippen molar-refractivity contribution in [1.82, 2.24) is 19.9 Å². The molecule has 6 heteroatoms. The van der Waals surface area contributed by atoms with Crippen LogP contribution in [0.25, 0.3) is 0 Å². The molecule has 2 aromatic rings. The molecule has 4 nitrogen and oxygen atoms in total. The van der Waals surface area contributed by atoms with Gasteiger partial charge in [-0.05, 0) is 27.7 Å². The van der Waals surface area contributed by atoms with Crippen LogP contribution in [0.5, 0.6) is 0 Å². The molecule has 0 fully saturated rings. The number of hydrogen-bond acceptors (Lipinski definition) is 4. The summed E-state index contributed by atoms with van der Waals surface area (Å²) in [6, 6.07) is 1.89. The van der Waals surface area contributed by atoms with E-state index >= 15 is 0 Å². The first kappa shape index (κ1) is 12.6. The maximum absolute atomic E-state index is 4.54. The predicted molar refractivity (Wildman–Crippen MR) is 71.1 cm³/mol. The second kappa shape index (κ2) is 4.78. The Bertz CT molecular complexity index is 505. The fourth-order valence-corrected chi connectivity index (χ4v) is 2.47. The van der Waals surface area contributed by atoms with Crippen molar-refractivity contribution in [2.24, 2.45) is 0 Å². The SMILES string of the molecule is CC(C)(C)c1nc(Br)cc(Sc2ncc[nH]2)n1. The van der Waals surface area contributed by atoms with Crippen molar-refractivity contribution >= 4 is 27.7 Å². The Hall–Kier alpha value is -0.880. The zero-order valence-electron chi connectivity index (χ0n) is 9.86. The van der Waals surface area contributed by atoms with Crippen molar-refractivity contribution in [3.05, 3.63) is 28.9 Å². The van der Waals surface area contributed by atoms with E-state index in [0.717, 1.165) is 20.6 Å². The predicted octanol–water partition coefficient (Wildman–Crippen LogP) is 3.41. The molecule has 0 spiro atoms. The molecule has 0 saturated heterocycles. The molecule has 0 bridgehead atoms. The zero-order valence-corrected chi connectivity index (χ0v) is 12.3. The Morgan fingerprint density at radius 2 is 2.06 bits per heavy atom. The van der Waals surface area contributed by atoms with Crippen molar-refractivity contribution in [1.29, 1.82) is 0 Å². The molecule has 17 heavy (non-hydrogen) atoms. The minimum atomic E-state index is -0.0672. The van der Waals surface area contributed by atoms with Crippen LogP contribution in [0.15, 0.2) is 33.2 Å². The molecule has 0 amide bonds. The monoisotopic (exact) mass is 312 g/mol. The van der Waals surface area contributed by atoms with Crippen LogP contribution in [-0.2, 0) is 5.41 Å². The minimum absolute atomic E-state index is 0.0672. The summed E-state index contributed by atoms with van der Waals surface area (Å²) in [5.74, 6) is 0.820. The van der Waals surface area contributed by atoms with Crippen LogP contribution in [0.1, 0.15) is 26.6 Å². The third kappa shape index (κ3) is 3.29. The summed E-state index contributed by atoms with van der Waals surface area (Å²) in [6.07, 6.45) is 3.52. The van der Waals surface area contributed by atoms with E-state index in [1.807, 2.05) is 6.07 Å². The Morgan fingerprint density at radius 3 is 2.65 bits per heavy atom. The summed E-state index contributed by atoms with van der Waals surface area (Å²) < 4.78 is 0.798. The third-order valence-corrected chi connectivity index (χ3v) is 3.26. The lowest BCUT2D eigenvalue weighted by atomic mass is 9.96. The van der Waals surface area contributed by atoms with Gasteiger partial charge in [0.25, 0.3) is 0 Å². The molecule has 0 aromatic carbocycles. The van der Waals surface area contributed by atoms with Crippen LogP contribution in [0, 0.1) is 0 Å². The molecule has 0 radical (unpaired) electrons. The van der Waals surface area contributed by atoms with Crippen molar-refractivity contribution in [2.75, 3.05) is 0 Å². The van der Waals surface area contributed by atoms with Gasteiger partial charge < -0.3 is 4.98 Å². The van der Waals surface area contributed by atoms with Gasteiger partial charge in [-0.2, -0.15) is 0 Å². The minimum Gasteiger partial charge on any atom is -0.339 e. The number of aromatic amines is 1. The van der Waals surface area contributed by atoms with Gasteiger partial charge in [-0.15, -0.1) is 0 Å². The number of hydrogen-bond donors (Lipinski definition) is 1. The van der Waals surface area contributed by atoms with E-state index in [2.05, 4.69) is 56.6 Å². The van der Waals surface area contributed by atoms with Gasteiger partial charge in [-0.3, -0.25) is 0 Å². The maximum Gasteiger partial charge on any atom is 0.171 e. The van der Waals surface area contributed by atoms with Gasteiger partial charge in [0.1, 0.15) is 15.5 Å². The van der Waals surface area contributed by atoms with E-state index in [4.69, 9.17) is 0 Å². The molecule has 90 valence electrons. The number of rotatable bonds is 2. The summed E-state index contributed by atoms with van der Waals surface area (Å²) in [4.78, 5) is 16.1. The number of nitrogens with one attached hydrogen (secondary N) is 1. The Kier molecular flexibility index (Phi) is 3.53. The number of halogens is 1. The van der Waals surface area contributed by atoms with Crippen LogP contribution in [-0.4, -0.2) is 19.9 Å². The first-order valence-electron chi connectivity index (χ1n) is 5.17. The second-order valence-corrected chi connectivity index (χ2v) is 6.42. The zero-order chi connectivity index (χ0) is 12.5. The van der Waals surface area contributed by atoms with Crippen LogP contribution in [0.2, 0.25) is 0 Å². The third-order valence-electron chi connectivity index (χ3n) is 2.02. The smallest absolute Gasteiger partial charge is 0.171 e. The van der Waals surface area contributed by atoms with Crippen LogP contribution >= 0.6 is 27.7 Å². The summed E-state index contributed by atoms with van der Waals surface area (Å²) >= 11 is 4.91. The number of imidazole rings is 1. The molecule has 0 saturated carbocycles. The first-order chi connectivity index (χ1) is 7.95. The van der Waals surface area contributed by atoms with Crippen LogP contribution in [0.4, 0.5) is 0 Å². The highest BCUT2D eigenvalue weighted by atomic mass is 79.9. The molecular formula is C11H13BrN4S. The second-order valence-electron chi connectivity index (χ2n) is 4.60. The lowest BCUT2D eigenvalue weighted by Gasteiger charge is -2.17. The van der Waals surface area contributed by atoms with Crippen LogP contribution in [0.3, 0.4) is 0 Å². The van der Waals surface area contributed by atoms with Gasteiger partial charge in [0.05, 0.1) is 0 Å². The first-order valence-corrected chi connectivity index (χ1v) is 6.78. The average molecular weight is 313 g/mol. The molecule has 0 aliphatic rings. The van der Waals surface area contributed by atoms with Crippen molar-refractivity contribution in [3.8, 4) is 0 Å². The van der Waals surface area contributed by atoms with Gasteiger partial charge in [-0.25, -0.2) is 15.0 Å². The number of aromatic nitrogens is 4. The molecule has 2 rings (SSSR count). The van der Waals surface area contributed by atoms with Crippen LogP contribution < -0.4 is 0 Å². The lowest BCUT2D eigenvalue weighted by molar-refractivity contribution is 0.536. The Labute approximate surface area is 113 Å². The van der Waals surface area contributed by atoms with E-state index in [1.54, 1.807) is 12.4 Å². The van der Waals surface area contributed by atoms with Crippen molar-refractivity contribution in [2.45, 2.75) is 36.4 Å². The number of H-pyrrole nitrogens is 1. The average Bonchev–Trinajstić information content (AvgIpc) is 2.68. The molecule has 0 aliphatic carbocycles. The molecule has 2 aromatic heterocycles. The lowest BCUT2D eigenvalue weighted by Crippen LogP contribution is -2.16. The normalized spacial score (nSPS) is 11.8. The van der Waals surface area contributed by atoms with Crippen molar-refractivity contribution < 1.29 is 0 Å². The van der Waals surface area contributed by atoms with E-state index in [0.29, 0.717) is 0 Å². The topological polar surface area (TPSA) is 54.5 Å². The van der Waals surface area contributed by atoms with E-state index in [-0.39, 0.29) is 5.41 Å². The molecular weight excluding hydrogens is 300 g/mol. The fourth-order valence-electron chi connectivity index (χ4n) is 1.19. The highest BCUT2D eigenvalue weighted by molar-refractivity contribution is 9.10. The molecule has 0 atom stereocenters. The van der Waals surface area contributed by atoms with Gasteiger partial charge in [0.2, 0.25) is 0 Å². The summed E-state index contributed by atoms with van der Waals surface area (Å²) in [6.45, 7) is 6.28.